The number of rotatable bonds is 4. The minimum atomic E-state index is 0.743. The molecule has 2 aromatic carbocycles. The Bertz CT molecular complexity index is 1780. The first-order valence-corrected chi connectivity index (χ1v) is 11.2. The quantitative estimate of drug-likeness (QED) is 0.317. The van der Waals surface area contributed by atoms with E-state index in [0.29, 0.717) is 0 Å². The number of aromatic nitrogens is 6. The van der Waals surface area contributed by atoms with Crippen LogP contribution in [0.25, 0.3) is 67.4 Å². The topological polar surface area (TPSA) is 96.3 Å². The zero-order chi connectivity index (χ0) is 23.2. The second-order valence-electron chi connectivity index (χ2n) is 8.28. The van der Waals surface area contributed by atoms with Crippen LogP contribution in [0.5, 0.6) is 0 Å². The number of pyridine rings is 2. The summed E-state index contributed by atoms with van der Waals surface area (Å²) in [7, 11) is 0. The Hall–Kier alpha value is -5.04. The smallest absolute Gasteiger partial charge is 0.152 e. The van der Waals surface area contributed by atoms with Crippen LogP contribution in [-0.2, 0) is 0 Å². The summed E-state index contributed by atoms with van der Waals surface area (Å²) < 4.78 is 5.42. The van der Waals surface area contributed by atoms with Crippen LogP contribution in [0.1, 0.15) is 0 Å². The van der Waals surface area contributed by atoms with Crippen LogP contribution < -0.4 is 0 Å². The molecular formula is C28H18N6O. The van der Waals surface area contributed by atoms with Crippen molar-refractivity contribution in [1.82, 2.24) is 29.9 Å². The Morgan fingerprint density at radius 1 is 0.629 bits per heavy atom. The van der Waals surface area contributed by atoms with Crippen LogP contribution in [0.2, 0.25) is 0 Å². The van der Waals surface area contributed by atoms with Crippen LogP contribution in [0.15, 0.2) is 102 Å². The second-order valence-corrected chi connectivity index (χ2v) is 8.28. The van der Waals surface area contributed by atoms with Crippen molar-refractivity contribution in [2.45, 2.75) is 0 Å². The van der Waals surface area contributed by atoms with Gasteiger partial charge in [0.15, 0.2) is 5.76 Å². The lowest BCUT2D eigenvalue weighted by Crippen LogP contribution is -1.85. The average molecular weight is 454 g/mol. The van der Waals surface area contributed by atoms with Gasteiger partial charge in [-0.15, -0.1) is 0 Å². The molecule has 7 heteroatoms. The number of furan rings is 1. The molecule has 7 nitrogen and oxygen atoms in total. The van der Waals surface area contributed by atoms with Gasteiger partial charge in [-0.2, -0.15) is 0 Å². The normalized spacial score (nSPS) is 11.4. The lowest BCUT2D eigenvalue weighted by Gasteiger charge is -2.01. The zero-order valence-corrected chi connectivity index (χ0v) is 18.4. The van der Waals surface area contributed by atoms with Crippen LogP contribution >= 0.6 is 0 Å². The summed E-state index contributed by atoms with van der Waals surface area (Å²) >= 11 is 0. The first-order valence-electron chi connectivity index (χ1n) is 11.2. The zero-order valence-electron chi connectivity index (χ0n) is 18.4. The molecule has 0 atom stereocenters. The second kappa shape index (κ2) is 7.78. The number of nitrogens with one attached hydrogen (secondary N) is 2. The van der Waals surface area contributed by atoms with Gasteiger partial charge < -0.3 is 14.4 Å². The summed E-state index contributed by atoms with van der Waals surface area (Å²) in [4.78, 5) is 24.9. The summed E-state index contributed by atoms with van der Waals surface area (Å²) in [6.45, 7) is 0. The third kappa shape index (κ3) is 3.46. The van der Waals surface area contributed by atoms with Gasteiger partial charge in [0.1, 0.15) is 17.3 Å². The minimum Gasteiger partial charge on any atom is -0.463 e. The number of fused-ring (bicyclic) bond motifs is 2. The standard InChI is InChI=1S/C28H18N6O/c1-2-26(35-13-1)23-8-5-20(16-30-23)28-32-22-7-4-19(15-25(22)34-28)18-3-6-21-24(14-18)33-27(31-21)17-9-11-29-12-10-17/h1-16H,(H,31,33)(H,32,34). The number of aromatic amines is 2. The summed E-state index contributed by atoms with van der Waals surface area (Å²) in [5.41, 5.74) is 8.70. The van der Waals surface area contributed by atoms with Gasteiger partial charge in [0.25, 0.3) is 0 Å². The predicted octanol–water partition coefficient (Wildman–Crippen LogP) is 6.49. The molecule has 0 amide bonds. The van der Waals surface area contributed by atoms with E-state index in [2.05, 4.69) is 44.2 Å². The van der Waals surface area contributed by atoms with Crippen LogP contribution in [0, 0.1) is 0 Å². The van der Waals surface area contributed by atoms with Gasteiger partial charge in [0, 0.05) is 29.7 Å². The molecule has 0 saturated carbocycles. The monoisotopic (exact) mass is 454 g/mol. The van der Waals surface area contributed by atoms with E-state index >= 15 is 0 Å². The van der Waals surface area contributed by atoms with Crippen molar-refractivity contribution in [2.24, 2.45) is 0 Å². The van der Waals surface area contributed by atoms with Gasteiger partial charge in [-0.1, -0.05) is 12.1 Å². The first kappa shape index (κ1) is 19.4. The molecule has 5 heterocycles. The highest BCUT2D eigenvalue weighted by atomic mass is 16.3. The lowest BCUT2D eigenvalue weighted by atomic mass is 10.0. The lowest BCUT2D eigenvalue weighted by molar-refractivity contribution is 0.580. The molecule has 0 unspecified atom stereocenters. The third-order valence-corrected chi connectivity index (χ3v) is 6.06. The molecule has 7 rings (SSSR count). The van der Waals surface area contributed by atoms with Gasteiger partial charge in [0.2, 0.25) is 0 Å². The molecule has 2 N–H and O–H groups in total. The molecule has 0 fully saturated rings. The van der Waals surface area contributed by atoms with Gasteiger partial charge in [-0.25, -0.2) is 9.97 Å². The van der Waals surface area contributed by atoms with Gasteiger partial charge >= 0.3 is 0 Å². The van der Waals surface area contributed by atoms with Crippen molar-refractivity contribution >= 4 is 22.1 Å². The van der Waals surface area contributed by atoms with Crippen molar-refractivity contribution in [2.75, 3.05) is 0 Å². The van der Waals surface area contributed by atoms with Crippen LogP contribution in [-0.4, -0.2) is 29.9 Å². The van der Waals surface area contributed by atoms with E-state index in [9.17, 15) is 0 Å². The van der Waals surface area contributed by atoms with E-state index in [-0.39, 0.29) is 0 Å². The number of benzene rings is 2. The fourth-order valence-corrected chi connectivity index (χ4v) is 4.27. The highest BCUT2D eigenvalue weighted by Gasteiger charge is 2.11. The third-order valence-electron chi connectivity index (χ3n) is 6.06. The van der Waals surface area contributed by atoms with Crippen molar-refractivity contribution in [1.29, 1.82) is 0 Å². The highest BCUT2D eigenvalue weighted by molar-refractivity contribution is 5.88. The Morgan fingerprint density at radius 3 is 1.89 bits per heavy atom. The Kier molecular flexibility index (Phi) is 4.32. The fourth-order valence-electron chi connectivity index (χ4n) is 4.27. The number of H-pyrrole nitrogens is 2. The minimum absolute atomic E-state index is 0.743. The van der Waals surface area contributed by atoms with E-state index in [4.69, 9.17) is 14.4 Å². The van der Waals surface area contributed by atoms with E-state index in [1.54, 1.807) is 18.7 Å². The number of nitrogens with zero attached hydrogens (tertiary/aromatic N) is 4. The van der Waals surface area contributed by atoms with Crippen LogP contribution in [0.3, 0.4) is 0 Å². The van der Waals surface area contributed by atoms with E-state index < -0.39 is 0 Å². The van der Waals surface area contributed by atoms with Crippen molar-refractivity contribution in [3.8, 4) is 45.4 Å². The SMILES string of the molecule is c1coc(-c2ccc(-c3nc4ccc(-c5ccc6nc(-c7ccncc7)[nH]c6c5)cc4[nH]3)cn2)c1. The molecule has 0 aliphatic heterocycles. The molecule has 0 aliphatic carbocycles. The fraction of sp³-hybridized carbons (Fsp3) is 0. The summed E-state index contributed by atoms with van der Waals surface area (Å²) in [5, 5.41) is 0. The Labute approximate surface area is 199 Å². The maximum absolute atomic E-state index is 5.42. The van der Waals surface area contributed by atoms with E-state index in [1.165, 1.54) is 0 Å². The molecule has 0 bridgehead atoms. The highest BCUT2D eigenvalue weighted by Crippen LogP contribution is 2.29. The van der Waals surface area contributed by atoms with Crippen molar-refractivity contribution in [3.05, 3.63) is 97.7 Å². The number of hydrogen-bond donors (Lipinski definition) is 2. The summed E-state index contributed by atoms with van der Waals surface area (Å²) in [5.74, 6) is 2.36. The summed E-state index contributed by atoms with van der Waals surface area (Å²) in [6, 6.07) is 24.1. The Balaban J connectivity index is 1.22. The molecule has 35 heavy (non-hydrogen) atoms. The molecule has 0 radical (unpaired) electrons. The molecular weight excluding hydrogens is 436 g/mol. The van der Waals surface area contributed by atoms with Crippen molar-refractivity contribution in [3.63, 3.8) is 0 Å². The van der Waals surface area contributed by atoms with E-state index in [1.807, 2.05) is 54.7 Å². The maximum atomic E-state index is 5.42. The average Bonchev–Trinajstić information content (AvgIpc) is 3.68. The molecule has 0 saturated heterocycles. The van der Waals surface area contributed by atoms with Crippen LogP contribution in [0.4, 0.5) is 0 Å². The molecule has 5 aromatic heterocycles. The molecule has 7 aromatic rings. The molecule has 0 aliphatic rings. The van der Waals surface area contributed by atoms with Gasteiger partial charge in [-0.05, 0) is 71.8 Å². The van der Waals surface area contributed by atoms with Gasteiger partial charge in [-0.3, -0.25) is 9.97 Å². The van der Waals surface area contributed by atoms with Gasteiger partial charge in [0.05, 0.1) is 28.3 Å². The molecule has 0 spiro atoms. The van der Waals surface area contributed by atoms with E-state index in [0.717, 1.165) is 67.4 Å². The summed E-state index contributed by atoms with van der Waals surface area (Å²) in [6.07, 6.45) is 6.99. The first-order chi connectivity index (χ1) is 17.3. The molecule has 166 valence electrons. The number of imidazole rings is 2. The largest absolute Gasteiger partial charge is 0.463 e. The Morgan fingerprint density at radius 2 is 1.29 bits per heavy atom. The predicted molar refractivity (Wildman–Crippen MR) is 135 cm³/mol. The van der Waals surface area contributed by atoms with Crippen molar-refractivity contribution < 1.29 is 4.42 Å². The number of hydrogen-bond acceptors (Lipinski definition) is 5. The maximum Gasteiger partial charge on any atom is 0.152 e.